The summed E-state index contributed by atoms with van der Waals surface area (Å²) in [5.74, 6) is 5.67. The van der Waals surface area contributed by atoms with E-state index in [0.717, 1.165) is 37.9 Å². The van der Waals surface area contributed by atoms with Crippen molar-refractivity contribution in [2.75, 3.05) is 0 Å². The molecule has 5 nitrogen and oxygen atoms in total. The second-order valence-electron chi connectivity index (χ2n) is 4.57. The lowest BCUT2D eigenvalue weighted by Crippen LogP contribution is -2.30. The van der Waals surface area contributed by atoms with Crippen LogP contribution in [0, 0.1) is 0 Å². The van der Waals surface area contributed by atoms with E-state index in [1.165, 1.54) is 4.88 Å². The third-order valence-electron chi connectivity index (χ3n) is 3.14. The minimum Gasteiger partial charge on any atom is -0.271 e. The zero-order chi connectivity index (χ0) is 13.5. The van der Waals surface area contributed by atoms with Crippen molar-refractivity contribution in [3.8, 4) is 0 Å². The van der Waals surface area contributed by atoms with Crippen molar-refractivity contribution in [3.05, 3.63) is 34.3 Å². The molecule has 19 heavy (non-hydrogen) atoms. The second kappa shape index (κ2) is 7.37. The summed E-state index contributed by atoms with van der Waals surface area (Å²) in [5.41, 5.74) is 3.97. The molecule has 104 valence electrons. The Labute approximate surface area is 117 Å². The first-order valence-electron chi connectivity index (χ1n) is 6.72. The summed E-state index contributed by atoms with van der Waals surface area (Å²) in [7, 11) is 0. The lowest BCUT2D eigenvalue weighted by atomic mass is 10.1. The molecule has 0 spiro atoms. The van der Waals surface area contributed by atoms with Crippen molar-refractivity contribution in [1.82, 2.24) is 20.4 Å². The van der Waals surface area contributed by atoms with Gasteiger partial charge >= 0.3 is 0 Å². The summed E-state index contributed by atoms with van der Waals surface area (Å²) in [6.07, 6.45) is 6.05. The number of hydrazine groups is 1. The van der Waals surface area contributed by atoms with Crippen molar-refractivity contribution >= 4 is 11.3 Å². The van der Waals surface area contributed by atoms with Crippen LogP contribution in [0.15, 0.2) is 23.7 Å². The fourth-order valence-electron chi connectivity index (χ4n) is 2.17. The number of aromatic nitrogens is 3. The highest BCUT2D eigenvalue weighted by Gasteiger charge is 2.15. The van der Waals surface area contributed by atoms with E-state index in [1.54, 1.807) is 0 Å². The van der Waals surface area contributed by atoms with Crippen LogP contribution in [0.3, 0.4) is 0 Å². The highest BCUT2D eigenvalue weighted by molar-refractivity contribution is 7.09. The first kappa shape index (κ1) is 14.2. The predicted molar refractivity (Wildman–Crippen MR) is 77.6 cm³/mol. The van der Waals surface area contributed by atoms with Gasteiger partial charge < -0.3 is 0 Å². The van der Waals surface area contributed by atoms with Gasteiger partial charge in [0.25, 0.3) is 0 Å². The predicted octanol–water partition coefficient (Wildman–Crippen LogP) is 2.28. The van der Waals surface area contributed by atoms with Crippen molar-refractivity contribution < 1.29 is 0 Å². The van der Waals surface area contributed by atoms with Crippen molar-refractivity contribution in [2.24, 2.45) is 5.84 Å². The zero-order valence-corrected chi connectivity index (χ0v) is 12.1. The van der Waals surface area contributed by atoms with Crippen molar-refractivity contribution in [3.63, 3.8) is 0 Å². The number of nitrogens with one attached hydrogen (secondary N) is 1. The fourth-order valence-corrected chi connectivity index (χ4v) is 2.92. The maximum atomic E-state index is 5.67. The molecule has 1 unspecified atom stereocenters. The number of hydrogen-bond acceptors (Lipinski definition) is 5. The van der Waals surface area contributed by atoms with Gasteiger partial charge in [-0.3, -0.25) is 11.3 Å². The molecule has 0 bridgehead atoms. The molecule has 0 radical (unpaired) electrons. The quantitative estimate of drug-likeness (QED) is 0.574. The molecule has 6 heteroatoms. The van der Waals surface area contributed by atoms with E-state index in [1.807, 2.05) is 22.2 Å². The number of thiophene rings is 1. The maximum Gasteiger partial charge on any atom is 0.0770 e. The van der Waals surface area contributed by atoms with Crippen LogP contribution in [0.1, 0.15) is 42.8 Å². The average molecular weight is 279 g/mol. The third-order valence-corrected chi connectivity index (χ3v) is 4.07. The van der Waals surface area contributed by atoms with Crippen LogP contribution in [0.2, 0.25) is 0 Å². The Kier molecular flexibility index (Phi) is 5.50. The Morgan fingerprint density at radius 2 is 2.42 bits per heavy atom. The SMILES string of the molecule is CCCn1nncc1C(CCCc1cccs1)NN. The molecule has 2 heterocycles. The van der Waals surface area contributed by atoms with Crippen molar-refractivity contribution in [2.45, 2.75) is 45.2 Å². The summed E-state index contributed by atoms with van der Waals surface area (Å²) < 4.78 is 1.94. The summed E-state index contributed by atoms with van der Waals surface area (Å²) in [4.78, 5) is 1.43. The van der Waals surface area contributed by atoms with Gasteiger partial charge in [0.15, 0.2) is 0 Å². The third kappa shape index (κ3) is 3.86. The normalized spacial score (nSPS) is 12.7. The Hall–Kier alpha value is -1.24. The molecule has 0 saturated carbocycles. The molecule has 2 aromatic heterocycles. The Balaban J connectivity index is 1.90. The van der Waals surface area contributed by atoms with E-state index in [4.69, 9.17) is 5.84 Å². The Morgan fingerprint density at radius 1 is 1.53 bits per heavy atom. The van der Waals surface area contributed by atoms with E-state index in [0.29, 0.717) is 0 Å². The highest BCUT2D eigenvalue weighted by atomic mass is 32.1. The second-order valence-corrected chi connectivity index (χ2v) is 5.61. The Morgan fingerprint density at radius 3 is 3.11 bits per heavy atom. The summed E-state index contributed by atoms with van der Waals surface area (Å²) in [6.45, 7) is 3.02. The molecule has 0 aliphatic carbocycles. The lowest BCUT2D eigenvalue weighted by Gasteiger charge is -2.16. The van der Waals surface area contributed by atoms with Gasteiger partial charge in [-0.25, -0.2) is 4.68 Å². The monoisotopic (exact) mass is 279 g/mol. The van der Waals surface area contributed by atoms with Gasteiger partial charge in [-0.2, -0.15) is 0 Å². The van der Waals surface area contributed by atoms with Crippen LogP contribution >= 0.6 is 11.3 Å². The molecular formula is C13H21N5S. The van der Waals surface area contributed by atoms with Crippen LogP contribution in [-0.2, 0) is 13.0 Å². The van der Waals surface area contributed by atoms with E-state index < -0.39 is 0 Å². The molecule has 0 aliphatic rings. The fraction of sp³-hybridized carbons (Fsp3) is 0.538. The number of rotatable bonds is 8. The Bertz CT molecular complexity index is 465. The largest absolute Gasteiger partial charge is 0.271 e. The molecule has 0 saturated heterocycles. The molecule has 3 N–H and O–H groups in total. The first-order chi connectivity index (χ1) is 9.35. The van der Waals surface area contributed by atoms with Gasteiger partial charge in [-0.05, 0) is 37.1 Å². The van der Waals surface area contributed by atoms with Gasteiger partial charge in [0.2, 0.25) is 0 Å². The minimum absolute atomic E-state index is 0.126. The lowest BCUT2D eigenvalue weighted by molar-refractivity contribution is 0.445. The molecule has 2 aromatic rings. The number of hydrogen-bond donors (Lipinski definition) is 2. The highest BCUT2D eigenvalue weighted by Crippen LogP contribution is 2.19. The van der Waals surface area contributed by atoms with E-state index in [-0.39, 0.29) is 6.04 Å². The van der Waals surface area contributed by atoms with Gasteiger partial charge in [0, 0.05) is 11.4 Å². The maximum absolute atomic E-state index is 5.67. The number of nitrogens with two attached hydrogens (primary N) is 1. The molecule has 0 amide bonds. The van der Waals surface area contributed by atoms with Crippen LogP contribution in [0.4, 0.5) is 0 Å². The van der Waals surface area contributed by atoms with Gasteiger partial charge in [0.1, 0.15) is 0 Å². The standard InChI is InChI=1S/C13H21N5S/c1-2-8-18-13(10-15-17-18)12(16-14)7-3-5-11-6-4-9-19-11/h4,6,9-10,12,16H,2-3,5,7-8,14H2,1H3. The smallest absolute Gasteiger partial charge is 0.0770 e. The summed E-state index contributed by atoms with van der Waals surface area (Å²) >= 11 is 1.81. The van der Waals surface area contributed by atoms with Gasteiger partial charge in [0.05, 0.1) is 17.9 Å². The van der Waals surface area contributed by atoms with E-state index in [2.05, 4.69) is 40.2 Å². The molecular weight excluding hydrogens is 258 g/mol. The molecule has 2 rings (SSSR count). The van der Waals surface area contributed by atoms with Crippen LogP contribution in [0.5, 0.6) is 0 Å². The van der Waals surface area contributed by atoms with Crippen LogP contribution in [-0.4, -0.2) is 15.0 Å². The average Bonchev–Trinajstić information content (AvgIpc) is 3.07. The molecule has 0 fully saturated rings. The van der Waals surface area contributed by atoms with E-state index >= 15 is 0 Å². The molecule has 0 aromatic carbocycles. The minimum atomic E-state index is 0.126. The van der Waals surface area contributed by atoms with Crippen molar-refractivity contribution in [1.29, 1.82) is 0 Å². The molecule has 0 aliphatic heterocycles. The summed E-state index contributed by atoms with van der Waals surface area (Å²) in [5, 5.41) is 10.2. The van der Waals surface area contributed by atoms with E-state index in [9.17, 15) is 0 Å². The zero-order valence-electron chi connectivity index (χ0n) is 11.2. The van der Waals surface area contributed by atoms with Crippen LogP contribution < -0.4 is 11.3 Å². The topological polar surface area (TPSA) is 68.8 Å². The number of aryl methyl sites for hydroxylation is 2. The molecule has 1 atom stereocenters. The first-order valence-corrected chi connectivity index (χ1v) is 7.60. The van der Waals surface area contributed by atoms with Crippen LogP contribution in [0.25, 0.3) is 0 Å². The van der Waals surface area contributed by atoms with Gasteiger partial charge in [-0.15, -0.1) is 16.4 Å². The number of nitrogens with zero attached hydrogens (tertiary/aromatic N) is 3. The van der Waals surface area contributed by atoms with Gasteiger partial charge in [-0.1, -0.05) is 18.2 Å². The summed E-state index contributed by atoms with van der Waals surface area (Å²) in [6, 6.07) is 4.40.